The number of hydrogen-bond donors (Lipinski definition) is 1. The monoisotopic (exact) mass is 502 g/mol. The summed E-state index contributed by atoms with van der Waals surface area (Å²) in [6.07, 6.45) is 1.56. The van der Waals surface area contributed by atoms with Crippen LogP contribution in [0.1, 0.15) is 23.6 Å². The molecule has 0 bridgehead atoms. The third-order valence-electron chi connectivity index (χ3n) is 4.62. The molecule has 1 aliphatic rings. The lowest BCUT2D eigenvalue weighted by molar-refractivity contribution is -0.143. The summed E-state index contributed by atoms with van der Waals surface area (Å²) in [6.45, 7) is 4.04. The molecule has 1 heterocycles. The molecule has 168 valence electrons. The van der Waals surface area contributed by atoms with E-state index in [1.54, 1.807) is 18.2 Å². The average Bonchev–Trinajstić information content (AvgIpc) is 3.02. The Morgan fingerprint density at radius 2 is 1.91 bits per heavy atom. The molecule has 2 aromatic carbocycles. The Bertz CT molecular complexity index is 1080. The predicted molar refractivity (Wildman–Crippen MR) is 121 cm³/mol. The third kappa shape index (κ3) is 5.47. The van der Waals surface area contributed by atoms with E-state index < -0.39 is 17.9 Å². The number of urea groups is 1. The van der Waals surface area contributed by atoms with Gasteiger partial charge in [-0.3, -0.25) is 9.69 Å². The Hall–Kier alpha value is -3.33. The van der Waals surface area contributed by atoms with E-state index in [1.165, 1.54) is 7.11 Å². The van der Waals surface area contributed by atoms with Crippen LogP contribution in [0.2, 0.25) is 0 Å². The van der Waals surface area contributed by atoms with Gasteiger partial charge in [0.15, 0.2) is 18.1 Å². The molecule has 1 aliphatic heterocycles. The van der Waals surface area contributed by atoms with Crippen molar-refractivity contribution < 1.29 is 28.6 Å². The average molecular weight is 503 g/mol. The number of hydrogen-bond acceptors (Lipinski definition) is 6. The number of imide groups is 1. The van der Waals surface area contributed by atoms with Crippen LogP contribution < -0.4 is 14.8 Å². The lowest BCUT2D eigenvalue weighted by Gasteiger charge is -2.14. The number of rotatable bonds is 8. The van der Waals surface area contributed by atoms with Crippen LogP contribution in [-0.4, -0.2) is 43.1 Å². The van der Waals surface area contributed by atoms with Gasteiger partial charge in [0, 0.05) is 4.47 Å². The van der Waals surface area contributed by atoms with Crippen LogP contribution in [-0.2, 0) is 20.9 Å². The quantitative estimate of drug-likeness (QED) is 0.335. The largest absolute Gasteiger partial charge is 0.490 e. The van der Waals surface area contributed by atoms with Crippen molar-refractivity contribution in [2.45, 2.75) is 20.4 Å². The number of nitrogens with zero attached hydrogens (tertiary/aromatic N) is 1. The first-order valence-corrected chi connectivity index (χ1v) is 10.7. The van der Waals surface area contributed by atoms with E-state index in [0.29, 0.717) is 28.1 Å². The molecule has 0 aliphatic carbocycles. The molecule has 0 saturated carbocycles. The second-order valence-electron chi connectivity index (χ2n) is 6.99. The summed E-state index contributed by atoms with van der Waals surface area (Å²) in [5, 5.41) is 2.62. The molecule has 0 aromatic heterocycles. The second-order valence-corrected chi connectivity index (χ2v) is 7.84. The van der Waals surface area contributed by atoms with Crippen molar-refractivity contribution in [3.8, 4) is 11.5 Å². The van der Waals surface area contributed by atoms with Crippen LogP contribution in [0.15, 0.2) is 46.6 Å². The predicted octanol–water partition coefficient (Wildman–Crippen LogP) is 3.80. The van der Waals surface area contributed by atoms with Crippen molar-refractivity contribution in [3.63, 3.8) is 0 Å². The molecule has 1 saturated heterocycles. The van der Waals surface area contributed by atoms with Gasteiger partial charge < -0.3 is 19.5 Å². The molecule has 0 unspecified atom stereocenters. The summed E-state index contributed by atoms with van der Waals surface area (Å²) in [6, 6.07) is 10.4. The van der Waals surface area contributed by atoms with Crippen molar-refractivity contribution in [2.75, 3.05) is 20.3 Å². The van der Waals surface area contributed by atoms with Crippen LogP contribution in [0.4, 0.5) is 4.79 Å². The zero-order chi connectivity index (χ0) is 23.3. The Morgan fingerprint density at radius 3 is 2.59 bits per heavy atom. The summed E-state index contributed by atoms with van der Waals surface area (Å²) < 4.78 is 16.3. The van der Waals surface area contributed by atoms with Gasteiger partial charge in [0.05, 0.1) is 20.3 Å². The summed E-state index contributed by atoms with van der Waals surface area (Å²) >= 11 is 3.44. The fraction of sp³-hybridized carbons (Fsp3) is 0.261. The minimum Gasteiger partial charge on any atom is -0.490 e. The summed E-state index contributed by atoms with van der Waals surface area (Å²) in [7, 11) is 1.27. The first-order valence-electron chi connectivity index (χ1n) is 9.88. The van der Waals surface area contributed by atoms with E-state index >= 15 is 0 Å². The van der Waals surface area contributed by atoms with Crippen molar-refractivity contribution >= 4 is 39.9 Å². The summed E-state index contributed by atoms with van der Waals surface area (Å²) in [5.74, 6) is -0.218. The lowest BCUT2D eigenvalue weighted by atomic mass is 10.1. The molecule has 2 aromatic rings. The minimum absolute atomic E-state index is 0.147. The SMILES string of the molecule is CCOc1cc(/C=C2/NC(=O)N(Cc3cccc(C)c3)C2=O)c(Br)cc1OCC(=O)OC. The number of aryl methyl sites for hydroxylation is 1. The zero-order valence-electron chi connectivity index (χ0n) is 17.9. The topological polar surface area (TPSA) is 94.2 Å². The molecule has 0 atom stereocenters. The van der Waals surface area contributed by atoms with Crippen molar-refractivity contribution in [1.82, 2.24) is 10.2 Å². The zero-order valence-corrected chi connectivity index (χ0v) is 19.5. The molecule has 1 fully saturated rings. The van der Waals surface area contributed by atoms with E-state index in [-0.39, 0.29) is 18.8 Å². The Kier molecular flexibility index (Phi) is 7.53. The highest BCUT2D eigenvalue weighted by atomic mass is 79.9. The Labute approximate surface area is 194 Å². The summed E-state index contributed by atoms with van der Waals surface area (Å²) in [5.41, 5.74) is 2.66. The highest BCUT2D eigenvalue weighted by Crippen LogP contribution is 2.35. The number of benzene rings is 2. The van der Waals surface area contributed by atoms with E-state index in [4.69, 9.17) is 9.47 Å². The van der Waals surface area contributed by atoms with E-state index in [1.807, 2.05) is 38.1 Å². The maximum atomic E-state index is 12.9. The van der Waals surface area contributed by atoms with Gasteiger partial charge in [0.2, 0.25) is 0 Å². The molecule has 1 N–H and O–H groups in total. The molecule has 32 heavy (non-hydrogen) atoms. The fourth-order valence-electron chi connectivity index (χ4n) is 3.10. The molecular weight excluding hydrogens is 480 g/mol. The number of amides is 3. The maximum Gasteiger partial charge on any atom is 0.343 e. The number of nitrogens with one attached hydrogen (secondary N) is 1. The highest BCUT2D eigenvalue weighted by molar-refractivity contribution is 9.10. The Morgan fingerprint density at radius 1 is 1.16 bits per heavy atom. The van der Waals surface area contributed by atoms with Gasteiger partial charge in [-0.1, -0.05) is 45.8 Å². The minimum atomic E-state index is -0.525. The van der Waals surface area contributed by atoms with Gasteiger partial charge in [-0.15, -0.1) is 0 Å². The maximum absolute atomic E-state index is 12.9. The number of carbonyl (C=O) groups is 3. The standard InChI is InChI=1S/C23H23BrN2O6/c1-4-31-19-10-16(17(24)11-20(19)32-13-21(27)30-3)9-18-22(28)26(23(29)25-18)12-15-7-5-6-14(2)8-15/h5-11H,4,12-13H2,1-3H3,(H,25,29)/b18-9+. The Balaban J connectivity index is 1.85. The lowest BCUT2D eigenvalue weighted by Crippen LogP contribution is -2.30. The smallest absolute Gasteiger partial charge is 0.343 e. The number of halogens is 1. The summed E-state index contributed by atoms with van der Waals surface area (Å²) in [4.78, 5) is 37.8. The first kappa shape index (κ1) is 23.3. The van der Waals surface area contributed by atoms with E-state index in [0.717, 1.165) is 16.0 Å². The van der Waals surface area contributed by atoms with Gasteiger partial charge in [-0.2, -0.15) is 0 Å². The number of ether oxygens (including phenoxy) is 3. The van der Waals surface area contributed by atoms with Gasteiger partial charge in [-0.25, -0.2) is 9.59 Å². The van der Waals surface area contributed by atoms with Crippen LogP contribution >= 0.6 is 15.9 Å². The molecule has 0 spiro atoms. The van der Waals surface area contributed by atoms with Crippen LogP contribution in [0.25, 0.3) is 6.08 Å². The van der Waals surface area contributed by atoms with Gasteiger partial charge in [-0.05, 0) is 43.2 Å². The van der Waals surface area contributed by atoms with Gasteiger partial charge >= 0.3 is 12.0 Å². The first-order chi connectivity index (χ1) is 15.3. The number of esters is 1. The van der Waals surface area contributed by atoms with Gasteiger partial charge in [0.25, 0.3) is 5.91 Å². The van der Waals surface area contributed by atoms with E-state index in [9.17, 15) is 14.4 Å². The number of methoxy groups -OCH3 is 1. The molecule has 8 nitrogen and oxygen atoms in total. The number of carbonyl (C=O) groups excluding carboxylic acids is 3. The fourth-order valence-corrected chi connectivity index (χ4v) is 3.54. The molecule has 3 amide bonds. The van der Waals surface area contributed by atoms with Crippen LogP contribution in [0.5, 0.6) is 11.5 Å². The van der Waals surface area contributed by atoms with Crippen molar-refractivity contribution in [2.24, 2.45) is 0 Å². The van der Waals surface area contributed by atoms with Gasteiger partial charge in [0.1, 0.15) is 5.70 Å². The van der Waals surface area contributed by atoms with Crippen LogP contribution in [0.3, 0.4) is 0 Å². The highest BCUT2D eigenvalue weighted by Gasteiger charge is 2.33. The molecule has 9 heteroatoms. The van der Waals surface area contributed by atoms with Crippen molar-refractivity contribution in [3.05, 3.63) is 63.3 Å². The molecule has 0 radical (unpaired) electrons. The normalized spacial score (nSPS) is 14.5. The third-order valence-corrected chi connectivity index (χ3v) is 5.31. The van der Waals surface area contributed by atoms with Crippen LogP contribution in [0, 0.1) is 6.92 Å². The second kappa shape index (κ2) is 10.3. The van der Waals surface area contributed by atoms with E-state index in [2.05, 4.69) is 26.0 Å². The molecular formula is C23H23BrN2O6. The molecule has 3 rings (SSSR count). The van der Waals surface area contributed by atoms with Crippen molar-refractivity contribution in [1.29, 1.82) is 0 Å².